The molecule has 0 heterocycles. The van der Waals surface area contributed by atoms with Crippen LogP contribution < -0.4 is 0 Å². The van der Waals surface area contributed by atoms with E-state index in [0.29, 0.717) is 29.6 Å². The highest BCUT2D eigenvalue weighted by Gasteiger charge is 2.60. The third kappa shape index (κ3) is 6.14. The van der Waals surface area contributed by atoms with E-state index in [4.69, 9.17) is 8.92 Å². The summed E-state index contributed by atoms with van der Waals surface area (Å²) in [7, 11) is -3.88. The first-order valence-electron chi connectivity index (χ1n) is 16.7. The minimum atomic E-state index is -3.88. The fraction of sp³-hybridized carbons (Fsp3) is 0.750. The maximum atomic E-state index is 13.4. The van der Waals surface area contributed by atoms with Crippen LogP contribution in [0.15, 0.2) is 40.8 Å². The van der Waals surface area contributed by atoms with Gasteiger partial charge in [0.2, 0.25) is 0 Å². The molecule has 0 N–H and O–H groups in total. The van der Waals surface area contributed by atoms with Crippen molar-refractivity contribution in [1.82, 2.24) is 0 Å². The maximum absolute atomic E-state index is 13.4. The Morgan fingerprint density at radius 2 is 1.74 bits per heavy atom. The molecule has 1 aromatic rings. The van der Waals surface area contributed by atoms with Crippen LogP contribution in [0.1, 0.15) is 111 Å². The highest BCUT2D eigenvalue weighted by molar-refractivity contribution is 7.86. The van der Waals surface area contributed by atoms with Crippen molar-refractivity contribution in [1.29, 1.82) is 0 Å². The van der Waals surface area contributed by atoms with Gasteiger partial charge in [-0.25, -0.2) is 0 Å². The lowest BCUT2D eigenvalue weighted by molar-refractivity contribution is -0.149. The average Bonchev–Trinajstić information content (AvgIpc) is 3.29. The van der Waals surface area contributed by atoms with Crippen molar-refractivity contribution in [3.63, 3.8) is 0 Å². The van der Waals surface area contributed by atoms with E-state index >= 15 is 0 Å². The summed E-state index contributed by atoms with van der Waals surface area (Å²) in [5, 5.41) is 0. The Bertz CT molecular complexity index is 1250. The highest BCUT2D eigenvalue weighted by Crippen LogP contribution is 2.67. The van der Waals surface area contributed by atoms with Crippen LogP contribution in [0.2, 0.25) is 0 Å². The molecule has 0 radical (unpaired) electrons. The molecule has 0 aliphatic heterocycles. The summed E-state index contributed by atoms with van der Waals surface area (Å²) in [4.78, 5) is 12.0. The van der Waals surface area contributed by atoms with E-state index in [9.17, 15) is 13.2 Å². The molecule has 0 saturated heterocycles. The number of aryl methyl sites for hydroxylation is 1. The van der Waals surface area contributed by atoms with Gasteiger partial charge in [-0.1, -0.05) is 76.3 Å². The predicted molar refractivity (Wildman–Crippen MR) is 167 cm³/mol. The molecule has 3 fully saturated rings. The lowest BCUT2D eigenvalue weighted by Crippen LogP contribution is -2.54. The smallest absolute Gasteiger partial charge is 0.302 e. The standard InChI is InChI=1S/C36H54O5S/c1-24(2)8-7-9-26(4)32-16-17-33-31-15-12-28-22-29(41-27(5)37)18-21-36(28,34(31)19-20-35(32,33)6)23-40-42(38,39)30-13-10-25(3)11-14-30/h10-14,24,26,29,31-34H,7-9,15-23H2,1-6H3/t26-,29-,31+,32-,33+,34+,35-,36-/m1/s1. The predicted octanol–water partition coefficient (Wildman–Crippen LogP) is 8.65. The van der Waals surface area contributed by atoms with Gasteiger partial charge in [-0.05, 0) is 105 Å². The van der Waals surface area contributed by atoms with E-state index in [1.165, 1.54) is 51.0 Å². The van der Waals surface area contributed by atoms with E-state index in [1.807, 2.05) is 19.1 Å². The molecule has 6 heteroatoms. The molecular formula is C36H54O5S. The van der Waals surface area contributed by atoms with Crippen molar-refractivity contribution in [3.8, 4) is 0 Å². The topological polar surface area (TPSA) is 69.7 Å². The van der Waals surface area contributed by atoms with Crippen LogP contribution >= 0.6 is 0 Å². The maximum Gasteiger partial charge on any atom is 0.302 e. The molecule has 0 spiro atoms. The summed E-state index contributed by atoms with van der Waals surface area (Å²) in [5.41, 5.74) is 2.32. The van der Waals surface area contributed by atoms with Gasteiger partial charge in [-0.3, -0.25) is 8.98 Å². The Kier molecular flexibility index (Phi) is 9.36. The third-order valence-corrected chi connectivity index (χ3v) is 13.4. The molecule has 0 amide bonds. The van der Waals surface area contributed by atoms with Gasteiger partial charge in [0.25, 0.3) is 10.1 Å². The molecule has 0 bridgehead atoms. The first-order chi connectivity index (χ1) is 19.9. The fourth-order valence-corrected chi connectivity index (χ4v) is 11.0. The Hall–Kier alpha value is -1.66. The number of hydrogen-bond acceptors (Lipinski definition) is 5. The summed E-state index contributed by atoms with van der Waals surface area (Å²) < 4.78 is 38.5. The molecule has 5 rings (SSSR count). The van der Waals surface area contributed by atoms with Gasteiger partial charge in [0.15, 0.2) is 0 Å². The van der Waals surface area contributed by atoms with Gasteiger partial charge in [-0.15, -0.1) is 0 Å². The molecule has 1 aromatic carbocycles. The highest BCUT2D eigenvalue weighted by atomic mass is 32.2. The van der Waals surface area contributed by atoms with E-state index in [1.54, 1.807) is 12.1 Å². The first kappa shape index (κ1) is 31.8. The van der Waals surface area contributed by atoms with Gasteiger partial charge >= 0.3 is 5.97 Å². The van der Waals surface area contributed by atoms with E-state index in [2.05, 4.69) is 33.8 Å². The fourth-order valence-electron chi connectivity index (χ4n) is 10.0. The monoisotopic (exact) mass is 598 g/mol. The van der Waals surface area contributed by atoms with Gasteiger partial charge in [-0.2, -0.15) is 8.42 Å². The first-order valence-corrected chi connectivity index (χ1v) is 18.1. The lowest BCUT2D eigenvalue weighted by Gasteiger charge is -2.59. The van der Waals surface area contributed by atoms with Crippen LogP contribution in [-0.2, 0) is 23.8 Å². The van der Waals surface area contributed by atoms with E-state index in [0.717, 1.165) is 49.0 Å². The van der Waals surface area contributed by atoms with Gasteiger partial charge in [0.05, 0.1) is 11.5 Å². The van der Waals surface area contributed by atoms with Crippen molar-refractivity contribution in [2.45, 2.75) is 123 Å². The van der Waals surface area contributed by atoms with E-state index in [-0.39, 0.29) is 29.0 Å². The minimum absolute atomic E-state index is 0.136. The number of esters is 1. The Morgan fingerprint density at radius 1 is 1.00 bits per heavy atom. The number of carbonyl (C=O) groups excluding carboxylic acids is 1. The summed E-state index contributed by atoms with van der Waals surface area (Å²) in [5.74, 6) is 3.67. The largest absolute Gasteiger partial charge is 0.462 e. The molecule has 5 nitrogen and oxygen atoms in total. The van der Waals surface area contributed by atoms with Crippen molar-refractivity contribution in [2.75, 3.05) is 6.61 Å². The van der Waals surface area contributed by atoms with Crippen molar-refractivity contribution in [3.05, 3.63) is 41.5 Å². The second kappa shape index (κ2) is 12.4. The Balaban J connectivity index is 1.40. The molecule has 3 saturated carbocycles. The summed E-state index contributed by atoms with van der Waals surface area (Å²) in [6.07, 6.45) is 14.5. The molecular weight excluding hydrogens is 544 g/mol. The minimum Gasteiger partial charge on any atom is -0.462 e. The number of ether oxygens (including phenoxy) is 1. The molecule has 42 heavy (non-hydrogen) atoms. The van der Waals surface area contributed by atoms with Crippen LogP contribution in [0.5, 0.6) is 0 Å². The summed E-state index contributed by atoms with van der Waals surface area (Å²) >= 11 is 0. The van der Waals surface area contributed by atoms with Crippen molar-refractivity contribution in [2.24, 2.45) is 46.3 Å². The third-order valence-electron chi connectivity index (χ3n) is 12.1. The zero-order valence-electron chi connectivity index (χ0n) is 26.9. The molecule has 4 aliphatic carbocycles. The zero-order valence-corrected chi connectivity index (χ0v) is 27.7. The lowest BCUT2D eigenvalue weighted by atomic mass is 9.46. The number of carbonyl (C=O) groups is 1. The molecule has 0 unspecified atom stereocenters. The molecule has 4 aliphatic rings. The quantitative estimate of drug-likeness (QED) is 0.153. The second-order valence-corrected chi connectivity index (χ2v) is 16.6. The second-order valence-electron chi connectivity index (χ2n) is 15.0. The summed E-state index contributed by atoms with van der Waals surface area (Å²) in [6, 6.07) is 6.94. The SMILES string of the molecule is CC(=O)O[C@@H]1CC[C@@]2(COS(=O)(=O)c3ccc(C)cc3)C(=CC[C@@H]3[C@@H]2CC[C@]2(C)[C@@H]([C@H](C)CCCC(C)C)CC[C@@H]32)C1. The zero-order chi connectivity index (χ0) is 30.3. The van der Waals surface area contributed by atoms with Crippen LogP contribution in [0.4, 0.5) is 0 Å². The van der Waals surface area contributed by atoms with Gasteiger partial charge < -0.3 is 4.74 Å². The average molecular weight is 599 g/mol. The number of fused-ring (bicyclic) bond motifs is 5. The van der Waals surface area contributed by atoms with Crippen LogP contribution in [0.3, 0.4) is 0 Å². The van der Waals surface area contributed by atoms with Gasteiger partial charge in [0.1, 0.15) is 6.10 Å². The van der Waals surface area contributed by atoms with Crippen molar-refractivity contribution >= 4 is 16.1 Å². The van der Waals surface area contributed by atoms with Crippen LogP contribution in [0, 0.1) is 53.3 Å². The Morgan fingerprint density at radius 3 is 2.43 bits per heavy atom. The number of benzene rings is 1. The van der Waals surface area contributed by atoms with E-state index < -0.39 is 10.1 Å². The van der Waals surface area contributed by atoms with Crippen molar-refractivity contribution < 1.29 is 22.1 Å². The number of allylic oxidation sites excluding steroid dienone is 1. The van der Waals surface area contributed by atoms with Crippen LogP contribution in [-0.4, -0.2) is 27.1 Å². The van der Waals surface area contributed by atoms with Crippen LogP contribution in [0.25, 0.3) is 0 Å². The normalized spacial score (nSPS) is 35.1. The summed E-state index contributed by atoms with van der Waals surface area (Å²) in [6.45, 7) is 13.4. The number of hydrogen-bond donors (Lipinski definition) is 0. The van der Waals surface area contributed by atoms with Gasteiger partial charge in [0, 0.05) is 18.8 Å². The Labute approximate surface area is 255 Å². The molecule has 234 valence electrons. The number of rotatable bonds is 10. The molecule has 8 atom stereocenters. The molecule has 0 aromatic heterocycles.